The summed E-state index contributed by atoms with van der Waals surface area (Å²) in [5.74, 6) is 1.51. The molecule has 1 atom stereocenters. The molecular formula is C14H16ClN3O. The normalized spacial score (nSPS) is 19.3. The second-order valence-corrected chi connectivity index (χ2v) is 5.23. The highest BCUT2D eigenvalue weighted by molar-refractivity contribution is 6.28. The van der Waals surface area contributed by atoms with E-state index in [1.54, 1.807) is 7.11 Å². The summed E-state index contributed by atoms with van der Waals surface area (Å²) in [5.41, 5.74) is 0.896. The van der Waals surface area contributed by atoms with Crippen molar-refractivity contribution >= 4 is 28.3 Å². The Balaban J connectivity index is 1.96. The molecule has 0 radical (unpaired) electrons. The molecule has 0 aliphatic carbocycles. The van der Waals surface area contributed by atoms with Crippen LogP contribution in [0.15, 0.2) is 24.3 Å². The topological polar surface area (TPSA) is 38.2 Å². The first-order valence-corrected chi connectivity index (χ1v) is 6.82. The Kier molecular flexibility index (Phi) is 3.53. The summed E-state index contributed by atoms with van der Waals surface area (Å²) in [5, 5.41) is 1.37. The van der Waals surface area contributed by atoms with E-state index in [1.165, 1.54) is 0 Å². The summed E-state index contributed by atoms with van der Waals surface area (Å²) < 4.78 is 5.24. The van der Waals surface area contributed by atoms with Crippen LogP contribution in [0, 0.1) is 5.92 Å². The maximum atomic E-state index is 6.03. The van der Waals surface area contributed by atoms with Gasteiger partial charge < -0.3 is 9.64 Å². The number of hydrogen-bond acceptors (Lipinski definition) is 4. The Hall–Kier alpha value is -1.39. The Morgan fingerprint density at radius 3 is 3.05 bits per heavy atom. The van der Waals surface area contributed by atoms with E-state index in [0.717, 1.165) is 42.8 Å². The van der Waals surface area contributed by atoms with Crippen LogP contribution in [-0.2, 0) is 4.74 Å². The van der Waals surface area contributed by atoms with Crippen LogP contribution in [0.1, 0.15) is 6.42 Å². The Labute approximate surface area is 117 Å². The van der Waals surface area contributed by atoms with Gasteiger partial charge in [-0.15, -0.1) is 0 Å². The Bertz CT molecular complexity index is 590. The molecule has 0 bridgehead atoms. The molecular weight excluding hydrogens is 262 g/mol. The van der Waals surface area contributed by atoms with Gasteiger partial charge in [-0.05, 0) is 30.2 Å². The van der Waals surface area contributed by atoms with Crippen LogP contribution in [0.25, 0.3) is 10.9 Å². The number of anilines is 1. The summed E-state index contributed by atoms with van der Waals surface area (Å²) in [4.78, 5) is 11.0. The molecule has 2 heterocycles. The summed E-state index contributed by atoms with van der Waals surface area (Å²) >= 11 is 6.03. The van der Waals surface area contributed by atoms with Gasteiger partial charge in [0.1, 0.15) is 5.82 Å². The van der Waals surface area contributed by atoms with Crippen LogP contribution in [0.3, 0.4) is 0 Å². The van der Waals surface area contributed by atoms with Gasteiger partial charge >= 0.3 is 0 Å². The number of fused-ring (bicyclic) bond motifs is 1. The van der Waals surface area contributed by atoms with Gasteiger partial charge in [0.05, 0.1) is 12.1 Å². The first kappa shape index (κ1) is 12.6. The lowest BCUT2D eigenvalue weighted by Crippen LogP contribution is -2.22. The summed E-state index contributed by atoms with van der Waals surface area (Å²) in [6, 6.07) is 7.98. The van der Waals surface area contributed by atoms with E-state index in [-0.39, 0.29) is 0 Å². The number of hydrogen-bond donors (Lipinski definition) is 0. The zero-order valence-electron chi connectivity index (χ0n) is 10.8. The quantitative estimate of drug-likeness (QED) is 0.809. The first-order chi connectivity index (χ1) is 9.28. The standard InChI is InChI=1S/C14H16ClN3O/c1-19-9-10-6-7-18(8-10)13-11-4-2-3-5-12(11)16-14(15)17-13/h2-5,10H,6-9H2,1H3. The molecule has 1 aromatic carbocycles. The fourth-order valence-corrected chi connectivity index (χ4v) is 2.84. The maximum Gasteiger partial charge on any atom is 0.224 e. The third-order valence-electron chi connectivity index (χ3n) is 3.54. The van der Waals surface area contributed by atoms with E-state index in [1.807, 2.05) is 24.3 Å². The molecule has 0 N–H and O–H groups in total. The van der Waals surface area contributed by atoms with Crippen LogP contribution in [-0.4, -0.2) is 36.8 Å². The van der Waals surface area contributed by atoms with Crippen molar-refractivity contribution in [3.05, 3.63) is 29.5 Å². The van der Waals surface area contributed by atoms with E-state index >= 15 is 0 Å². The lowest BCUT2D eigenvalue weighted by atomic mass is 10.1. The van der Waals surface area contributed by atoms with Gasteiger partial charge in [0, 0.05) is 31.5 Å². The number of rotatable bonds is 3. The van der Waals surface area contributed by atoms with E-state index < -0.39 is 0 Å². The van der Waals surface area contributed by atoms with Crippen molar-refractivity contribution in [2.24, 2.45) is 5.92 Å². The van der Waals surface area contributed by atoms with Crippen molar-refractivity contribution in [1.29, 1.82) is 0 Å². The van der Waals surface area contributed by atoms with Crippen molar-refractivity contribution in [3.63, 3.8) is 0 Å². The zero-order valence-corrected chi connectivity index (χ0v) is 11.6. The number of nitrogens with zero attached hydrogens (tertiary/aromatic N) is 3. The van der Waals surface area contributed by atoms with Crippen molar-refractivity contribution in [1.82, 2.24) is 9.97 Å². The average molecular weight is 278 g/mol. The molecule has 2 aromatic rings. The van der Waals surface area contributed by atoms with Gasteiger partial charge in [-0.3, -0.25) is 0 Å². The third kappa shape index (κ3) is 2.51. The fraction of sp³-hybridized carbons (Fsp3) is 0.429. The molecule has 1 aliphatic rings. The van der Waals surface area contributed by atoms with Gasteiger partial charge in [0.15, 0.2) is 0 Å². The van der Waals surface area contributed by atoms with Gasteiger partial charge in [-0.25, -0.2) is 4.98 Å². The largest absolute Gasteiger partial charge is 0.384 e. The second-order valence-electron chi connectivity index (χ2n) is 4.89. The minimum Gasteiger partial charge on any atom is -0.384 e. The molecule has 0 amide bonds. The number of methoxy groups -OCH3 is 1. The molecule has 1 aliphatic heterocycles. The van der Waals surface area contributed by atoms with Crippen molar-refractivity contribution < 1.29 is 4.74 Å². The number of halogens is 1. The van der Waals surface area contributed by atoms with E-state index in [2.05, 4.69) is 14.9 Å². The molecule has 5 heteroatoms. The molecule has 0 spiro atoms. The molecule has 1 unspecified atom stereocenters. The van der Waals surface area contributed by atoms with E-state index in [0.29, 0.717) is 11.2 Å². The number of aromatic nitrogens is 2. The molecule has 1 aromatic heterocycles. The summed E-state index contributed by atoms with van der Waals surface area (Å²) in [6.07, 6.45) is 1.13. The maximum absolute atomic E-state index is 6.03. The Morgan fingerprint density at radius 2 is 2.21 bits per heavy atom. The Morgan fingerprint density at radius 1 is 1.37 bits per heavy atom. The SMILES string of the molecule is COCC1CCN(c2nc(Cl)nc3ccccc23)C1. The third-order valence-corrected chi connectivity index (χ3v) is 3.71. The smallest absolute Gasteiger partial charge is 0.224 e. The van der Waals surface area contributed by atoms with Crippen molar-refractivity contribution in [2.75, 3.05) is 31.7 Å². The van der Waals surface area contributed by atoms with E-state index in [4.69, 9.17) is 16.3 Å². The van der Waals surface area contributed by atoms with Crippen molar-refractivity contribution in [2.45, 2.75) is 6.42 Å². The zero-order chi connectivity index (χ0) is 13.2. The molecule has 100 valence electrons. The van der Waals surface area contributed by atoms with Crippen LogP contribution < -0.4 is 4.90 Å². The van der Waals surface area contributed by atoms with Crippen LogP contribution in [0.5, 0.6) is 0 Å². The molecule has 1 saturated heterocycles. The molecule has 0 saturated carbocycles. The van der Waals surface area contributed by atoms with Crippen LogP contribution in [0.2, 0.25) is 5.28 Å². The van der Waals surface area contributed by atoms with Crippen LogP contribution >= 0.6 is 11.6 Å². The summed E-state index contributed by atoms with van der Waals surface area (Å²) in [6.45, 7) is 2.75. The predicted molar refractivity (Wildman–Crippen MR) is 76.7 cm³/mol. The van der Waals surface area contributed by atoms with E-state index in [9.17, 15) is 0 Å². The summed E-state index contributed by atoms with van der Waals surface area (Å²) in [7, 11) is 1.75. The van der Waals surface area contributed by atoms with Gasteiger partial charge in [0.2, 0.25) is 5.28 Å². The number of para-hydroxylation sites is 1. The molecule has 4 nitrogen and oxygen atoms in total. The van der Waals surface area contributed by atoms with Crippen LogP contribution in [0.4, 0.5) is 5.82 Å². The monoisotopic (exact) mass is 277 g/mol. The lowest BCUT2D eigenvalue weighted by Gasteiger charge is -2.19. The van der Waals surface area contributed by atoms with Gasteiger partial charge in [-0.1, -0.05) is 12.1 Å². The first-order valence-electron chi connectivity index (χ1n) is 6.44. The number of ether oxygens (including phenoxy) is 1. The fourth-order valence-electron chi connectivity index (χ4n) is 2.67. The molecule has 19 heavy (non-hydrogen) atoms. The average Bonchev–Trinajstić information content (AvgIpc) is 2.86. The highest BCUT2D eigenvalue weighted by Crippen LogP contribution is 2.29. The van der Waals surface area contributed by atoms with Gasteiger partial charge in [-0.2, -0.15) is 4.98 Å². The van der Waals surface area contributed by atoms with Gasteiger partial charge in [0.25, 0.3) is 0 Å². The second kappa shape index (κ2) is 5.31. The molecule has 3 rings (SSSR count). The molecule has 1 fully saturated rings. The minimum absolute atomic E-state index is 0.309. The highest BCUT2D eigenvalue weighted by atomic mass is 35.5. The lowest BCUT2D eigenvalue weighted by molar-refractivity contribution is 0.161. The highest BCUT2D eigenvalue weighted by Gasteiger charge is 2.25. The number of benzene rings is 1. The predicted octanol–water partition coefficient (Wildman–Crippen LogP) is 2.76. The van der Waals surface area contributed by atoms with Crippen molar-refractivity contribution in [3.8, 4) is 0 Å². The minimum atomic E-state index is 0.309.